The Hall–Kier alpha value is -4.12. The van der Waals surface area contributed by atoms with Crippen LogP contribution in [0, 0.1) is 17.8 Å². The zero-order valence-corrected chi connectivity index (χ0v) is 29.0. The minimum atomic E-state index is -1.13. The predicted octanol–water partition coefficient (Wildman–Crippen LogP) is 5.08. The molecule has 0 spiro atoms. The summed E-state index contributed by atoms with van der Waals surface area (Å²) in [6, 6.07) is 4.36. The van der Waals surface area contributed by atoms with Gasteiger partial charge in [-0.05, 0) is 50.0 Å². The van der Waals surface area contributed by atoms with Crippen LogP contribution in [-0.4, -0.2) is 65.4 Å². The summed E-state index contributed by atoms with van der Waals surface area (Å²) in [5.74, 6) is -2.83. The van der Waals surface area contributed by atoms with Gasteiger partial charge in [0.05, 0.1) is 24.2 Å². The molecule has 1 aliphatic heterocycles. The maximum atomic E-state index is 13.4. The number of ether oxygens (including phenoxy) is 3. The van der Waals surface area contributed by atoms with Crippen molar-refractivity contribution in [1.82, 2.24) is 20.4 Å². The Kier molecular flexibility index (Phi) is 14.1. The highest BCUT2D eigenvalue weighted by molar-refractivity contribution is 6.32. The van der Waals surface area contributed by atoms with Crippen LogP contribution in [0.3, 0.4) is 0 Å². The van der Waals surface area contributed by atoms with Gasteiger partial charge >= 0.3 is 11.9 Å². The third-order valence-electron chi connectivity index (χ3n) is 7.72. The van der Waals surface area contributed by atoms with Crippen molar-refractivity contribution in [2.75, 3.05) is 13.7 Å². The van der Waals surface area contributed by atoms with Crippen molar-refractivity contribution >= 4 is 41.4 Å². The van der Waals surface area contributed by atoms with E-state index in [-0.39, 0.29) is 43.7 Å². The predicted molar refractivity (Wildman–Crippen MR) is 180 cm³/mol. The number of esters is 2. The third-order valence-corrected chi connectivity index (χ3v) is 8.01. The molecule has 2 aromatic rings. The quantitative estimate of drug-likeness (QED) is 0.352. The molecule has 1 aromatic heterocycles. The number of benzene rings is 1. The maximum absolute atomic E-state index is 13.4. The van der Waals surface area contributed by atoms with Gasteiger partial charge in [0.1, 0.15) is 17.9 Å². The molecular formula is C35H47ClN4O7. The number of carbonyl (C=O) groups excluding carboxylic acids is 4. The Morgan fingerprint density at radius 3 is 2.49 bits per heavy atom. The van der Waals surface area contributed by atoms with Crippen molar-refractivity contribution in [1.29, 1.82) is 0 Å². The first-order valence-electron chi connectivity index (χ1n) is 16.0. The molecular weight excluding hydrogens is 624 g/mol. The molecule has 0 fully saturated rings. The van der Waals surface area contributed by atoms with Gasteiger partial charge in [0, 0.05) is 43.1 Å². The van der Waals surface area contributed by atoms with Gasteiger partial charge in [0.15, 0.2) is 6.10 Å². The number of aromatic nitrogens is 2. The van der Waals surface area contributed by atoms with Crippen molar-refractivity contribution in [3.05, 3.63) is 65.0 Å². The number of hydrogen-bond acceptors (Lipinski definition) is 8. The summed E-state index contributed by atoms with van der Waals surface area (Å²) in [5.41, 5.74) is 1.59. The lowest BCUT2D eigenvalue weighted by molar-refractivity contribution is -0.175. The van der Waals surface area contributed by atoms with Crippen LogP contribution in [0.2, 0.25) is 5.02 Å². The Bertz CT molecular complexity index is 1450. The number of nitrogens with zero attached hydrogens (tertiary/aromatic N) is 2. The first-order valence-corrected chi connectivity index (χ1v) is 16.4. The van der Waals surface area contributed by atoms with Crippen molar-refractivity contribution < 1.29 is 33.4 Å². The van der Waals surface area contributed by atoms with Crippen molar-refractivity contribution in [3.63, 3.8) is 0 Å². The lowest BCUT2D eigenvalue weighted by Gasteiger charge is -2.26. The Labute approximate surface area is 282 Å². The molecule has 256 valence electrons. The van der Waals surface area contributed by atoms with Crippen LogP contribution < -0.4 is 15.4 Å². The summed E-state index contributed by atoms with van der Waals surface area (Å²) in [5, 5.41) is 10.2. The van der Waals surface area contributed by atoms with Gasteiger partial charge in [0.2, 0.25) is 11.8 Å². The largest absolute Gasteiger partial charge is 0.495 e. The first-order chi connectivity index (χ1) is 22.3. The van der Waals surface area contributed by atoms with Gasteiger partial charge in [-0.1, -0.05) is 63.6 Å². The molecule has 1 aliphatic rings. The van der Waals surface area contributed by atoms with Gasteiger partial charge in [-0.25, -0.2) is 4.79 Å². The number of nitrogens with one attached hydrogen (secondary N) is 2. The fourth-order valence-electron chi connectivity index (χ4n) is 4.85. The van der Waals surface area contributed by atoms with Gasteiger partial charge in [-0.3, -0.25) is 19.1 Å². The van der Waals surface area contributed by atoms with Gasteiger partial charge in [0.25, 0.3) is 0 Å². The molecule has 0 bridgehead atoms. The average Bonchev–Trinajstić information content (AvgIpc) is 3.50. The van der Waals surface area contributed by atoms with Crippen LogP contribution in [-0.2, 0) is 35.1 Å². The molecule has 0 saturated heterocycles. The smallest absolute Gasteiger partial charge is 0.347 e. The van der Waals surface area contributed by atoms with E-state index in [1.165, 1.54) is 13.2 Å². The van der Waals surface area contributed by atoms with Crippen molar-refractivity contribution in [3.8, 4) is 5.75 Å². The van der Waals surface area contributed by atoms with Crippen molar-refractivity contribution in [2.24, 2.45) is 17.8 Å². The van der Waals surface area contributed by atoms with Crippen LogP contribution in [0.4, 0.5) is 0 Å². The van der Waals surface area contributed by atoms with E-state index in [2.05, 4.69) is 15.7 Å². The average molecular weight is 671 g/mol. The second-order valence-electron chi connectivity index (χ2n) is 12.6. The van der Waals surface area contributed by atoms with Crippen LogP contribution >= 0.6 is 11.6 Å². The zero-order chi connectivity index (χ0) is 34.7. The molecule has 0 unspecified atom stereocenters. The summed E-state index contributed by atoms with van der Waals surface area (Å²) in [7, 11) is 1.50. The second kappa shape index (κ2) is 17.7. The number of cyclic esters (lactones) is 2. The molecule has 2 N–H and O–H groups in total. The number of rotatable bonds is 9. The minimum absolute atomic E-state index is 0.0324. The molecule has 2 amide bonds. The van der Waals surface area contributed by atoms with E-state index in [4.69, 9.17) is 25.8 Å². The number of carbonyl (C=O) groups is 4. The summed E-state index contributed by atoms with van der Waals surface area (Å²) in [4.78, 5) is 52.9. The molecule has 1 aromatic carbocycles. The van der Waals surface area contributed by atoms with Crippen molar-refractivity contribution in [2.45, 2.75) is 85.1 Å². The number of methoxy groups -OCH3 is 1. The Balaban J connectivity index is 1.90. The fraction of sp³-hybridized carbons (Fsp3) is 0.514. The van der Waals surface area contributed by atoms with Crippen LogP contribution in [0.5, 0.6) is 5.75 Å². The highest BCUT2D eigenvalue weighted by atomic mass is 35.5. The van der Waals surface area contributed by atoms with Crippen LogP contribution in [0.25, 0.3) is 6.08 Å². The Morgan fingerprint density at radius 1 is 1.11 bits per heavy atom. The lowest BCUT2D eigenvalue weighted by Crippen LogP contribution is -2.49. The molecule has 5 atom stereocenters. The monoisotopic (exact) mass is 670 g/mol. The molecule has 0 radical (unpaired) electrons. The number of hydrogen-bond donors (Lipinski definition) is 2. The summed E-state index contributed by atoms with van der Waals surface area (Å²) in [6.07, 6.45) is 9.22. The SMILES string of the molecule is COc1ccc(C[C@H]2NC(=O)/C=C\C[C@@H]([C@H](C)/C=C/c3cnn(C(C)C)c3)OC(=O)[C@H](CC(C)C)OC(=O)[C@H](C)CNC2=O)cc1Cl. The molecule has 47 heavy (non-hydrogen) atoms. The third kappa shape index (κ3) is 11.6. The van der Waals surface area contributed by atoms with Gasteiger partial charge < -0.3 is 24.8 Å². The molecule has 11 nitrogen and oxygen atoms in total. The highest BCUT2D eigenvalue weighted by Crippen LogP contribution is 2.26. The first kappa shape index (κ1) is 37.3. The topological polar surface area (TPSA) is 138 Å². The van der Waals surface area contributed by atoms with Gasteiger partial charge in [-0.2, -0.15) is 5.10 Å². The maximum Gasteiger partial charge on any atom is 0.347 e. The van der Waals surface area contributed by atoms with Gasteiger partial charge in [-0.15, -0.1) is 0 Å². The summed E-state index contributed by atoms with van der Waals surface area (Å²) < 4.78 is 18.7. The van der Waals surface area contributed by atoms with E-state index in [1.54, 1.807) is 37.4 Å². The van der Waals surface area contributed by atoms with E-state index in [1.807, 2.05) is 57.6 Å². The standard InChI is InChI=1S/C35H47ClN4O7/c1-21(2)15-31-35(44)46-29(23(5)11-12-26-19-38-40(20-26)22(3)4)9-8-10-32(41)39-28(33(42)37-18-24(6)34(43)47-31)17-25-13-14-30(45-7)27(36)16-25/h8,10-14,16,19-24,28-29,31H,9,15,17-18H2,1-7H3,(H,37,42)(H,39,41)/b10-8-,12-11+/t23-,24-,28-,29+,31+/m1/s1. The summed E-state index contributed by atoms with van der Waals surface area (Å²) in [6.45, 7) is 11.3. The van der Waals surface area contributed by atoms with E-state index < -0.39 is 47.9 Å². The number of halogens is 1. The lowest BCUT2D eigenvalue weighted by atomic mass is 9.99. The minimum Gasteiger partial charge on any atom is -0.495 e. The highest BCUT2D eigenvalue weighted by Gasteiger charge is 2.32. The molecule has 12 heteroatoms. The molecule has 0 aliphatic carbocycles. The van der Waals surface area contributed by atoms with E-state index in [0.29, 0.717) is 16.3 Å². The fourth-order valence-corrected chi connectivity index (χ4v) is 5.13. The zero-order valence-electron chi connectivity index (χ0n) is 28.2. The summed E-state index contributed by atoms with van der Waals surface area (Å²) >= 11 is 6.30. The number of amides is 2. The van der Waals surface area contributed by atoms with E-state index >= 15 is 0 Å². The molecule has 2 heterocycles. The van der Waals surface area contributed by atoms with Crippen LogP contribution in [0.15, 0.2) is 48.8 Å². The van der Waals surface area contributed by atoms with E-state index in [0.717, 1.165) is 5.56 Å². The van der Waals surface area contributed by atoms with Crippen LogP contribution in [0.1, 0.15) is 71.6 Å². The molecule has 3 rings (SSSR count). The Morgan fingerprint density at radius 2 is 1.85 bits per heavy atom. The molecule has 0 saturated carbocycles. The van der Waals surface area contributed by atoms with E-state index in [9.17, 15) is 19.2 Å². The normalized spacial score (nSPS) is 23.3. The second-order valence-corrected chi connectivity index (χ2v) is 13.0.